The summed E-state index contributed by atoms with van der Waals surface area (Å²) in [4.78, 5) is 175. The van der Waals surface area contributed by atoms with Crippen LogP contribution in [-0.2, 0) is 62.2 Å². The van der Waals surface area contributed by atoms with Crippen molar-refractivity contribution in [1.82, 2.24) is 60.5 Å². The minimum absolute atomic E-state index is 0.00987. The molecule has 26 heteroatoms. The normalized spacial score (nSPS) is 28.2. The van der Waals surface area contributed by atoms with E-state index in [1.54, 1.807) is 61.5 Å². The lowest BCUT2D eigenvalue weighted by Crippen LogP contribution is -2.64. The van der Waals surface area contributed by atoms with Crippen molar-refractivity contribution in [3.05, 3.63) is 12.2 Å². The molecule has 15 atom stereocenters. The summed E-state index contributed by atoms with van der Waals surface area (Å²) in [5.74, 6) is -10.5. The third-order valence-electron chi connectivity index (χ3n) is 19.0. The lowest BCUT2D eigenvalue weighted by atomic mass is 9.91. The number of likely N-dealkylation sites (N-methyl/N-ethyl adjacent to an activating group) is 8. The molecule has 0 aromatic rings. The highest BCUT2D eigenvalue weighted by Crippen LogP contribution is 2.26. The van der Waals surface area contributed by atoms with Crippen LogP contribution in [0.1, 0.15) is 163 Å². The molecule has 11 amide bonds. The van der Waals surface area contributed by atoms with Gasteiger partial charge >= 0.3 is 0 Å². The van der Waals surface area contributed by atoms with Gasteiger partial charge in [0.1, 0.15) is 66.5 Å². The molecule has 550 valence electrons. The van der Waals surface area contributed by atoms with Crippen LogP contribution in [0.25, 0.3) is 0 Å². The van der Waals surface area contributed by atoms with Crippen LogP contribution < -0.4 is 21.3 Å². The van der Waals surface area contributed by atoms with Crippen molar-refractivity contribution in [2.75, 3.05) is 88.8 Å². The van der Waals surface area contributed by atoms with Gasteiger partial charge in [0.05, 0.1) is 32.0 Å². The zero-order valence-electron chi connectivity index (χ0n) is 63.0. The topological polar surface area (TPSA) is 300 Å². The number of amides is 11. The van der Waals surface area contributed by atoms with Crippen LogP contribution in [0.3, 0.4) is 0 Å². The number of aliphatic hydroxyl groups is 1. The van der Waals surface area contributed by atoms with Gasteiger partial charge < -0.3 is 70.1 Å². The number of nitrogens with one attached hydrogen (secondary N) is 4. The molecule has 0 aromatic carbocycles. The van der Waals surface area contributed by atoms with Gasteiger partial charge in [0, 0.05) is 68.3 Å². The van der Waals surface area contributed by atoms with Crippen molar-refractivity contribution in [3.8, 4) is 0 Å². The Morgan fingerprint density at radius 2 is 1.06 bits per heavy atom. The molecule has 5 N–H and O–H groups in total. The van der Waals surface area contributed by atoms with Gasteiger partial charge in [0.25, 0.3) is 0 Å². The molecule has 0 bridgehead atoms. The van der Waals surface area contributed by atoms with E-state index < -0.39 is 161 Å². The Morgan fingerprint density at radius 3 is 1.59 bits per heavy atom. The first-order valence-corrected chi connectivity index (χ1v) is 34.9. The zero-order valence-corrected chi connectivity index (χ0v) is 63.0. The number of hydrogen-bond acceptors (Lipinski definition) is 15. The van der Waals surface area contributed by atoms with E-state index in [0.717, 1.165) is 22.9 Å². The van der Waals surface area contributed by atoms with Crippen molar-refractivity contribution in [2.45, 2.75) is 242 Å². The first-order valence-electron chi connectivity index (χ1n) is 34.9. The Bertz CT molecular complexity index is 2620. The van der Waals surface area contributed by atoms with Crippen LogP contribution in [0.4, 0.5) is 0 Å². The largest absolute Gasteiger partial charge is 0.390 e. The van der Waals surface area contributed by atoms with E-state index in [9.17, 15) is 29.1 Å². The van der Waals surface area contributed by atoms with Gasteiger partial charge in [-0.25, -0.2) is 0 Å². The van der Waals surface area contributed by atoms with E-state index in [1.807, 2.05) is 47.6 Å². The molecular formula is C70H126N12O14. The average molecular weight is 1360 g/mol. The number of aliphatic hydroxyl groups excluding tert-OH is 1. The molecule has 2 aliphatic heterocycles. The Morgan fingerprint density at radius 1 is 0.542 bits per heavy atom. The first-order chi connectivity index (χ1) is 44.6. The number of nitrogens with zero attached hydrogens (tertiary/aromatic N) is 8. The Labute approximate surface area is 574 Å². The van der Waals surface area contributed by atoms with Crippen molar-refractivity contribution < 1.29 is 67.3 Å². The maximum atomic E-state index is 15.3. The molecule has 0 aromatic heterocycles. The Balaban J connectivity index is 3.05. The van der Waals surface area contributed by atoms with Gasteiger partial charge in [-0.1, -0.05) is 109 Å². The fraction of sp³-hybridized carbons (Fsp3) is 0.814. The molecule has 2 fully saturated rings. The Kier molecular flexibility index (Phi) is 35.7. The van der Waals surface area contributed by atoms with Crippen molar-refractivity contribution in [2.24, 2.45) is 41.4 Å². The molecule has 0 spiro atoms. The van der Waals surface area contributed by atoms with E-state index in [0.29, 0.717) is 26.0 Å². The fourth-order valence-corrected chi connectivity index (χ4v) is 12.5. The number of allylic oxidation sites excluding steroid dienone is 2. The van der Waals surface area contributed by atoms with Crippen LogP contribution in [0, 0.1) is 41.4 Å². The summed E-state index contributed by atoms with van der Waals surface area (Å²) >= 11 is 0. The van der Waals surface area contributed by atoms with E-state index in [1.165, 1.54) is 94.6 Å². The molecule has 1 unspecified atom stereocenters. The summed E-state index contributed by atoms with van der Waals surface area (Å²) in [5, 5.41) is 23.4. The second kappa shape index (κ2) is 40.0. The minimum Gasteiger partial charge on any atom is -0.390 e. The molecule has 0 radical (unpaired) electrons. The molecule has 26 nitrogen and oxygen atoms in total. The van der Waals surface area contributed by atoms with E-state index in [-0.39, 0.29) is 62.8 Å². The molecule has 2 aliphatic rings. The smallest absolute Gasteiger partial charge is 0.246 e. The first kappa shape index (κ1) is 85.8. The van der Waals surface area contributed by atoms with E-state index >= 15 is 28.8 Å². The minimum atomic E-state index is -1.64. The van der Waals surface area contributed by atoms with Gasteiger partial charge in [-0.05, 0) is 108 Å². The van der Waals surface area contributed by atoms with Gasteiger partial charge in [0.15, 0.2) is 0 Å². The SMILES string of the molecule is C/C=C/C[C@@H](C)[C@@H](O)[C@H]1C(=O)N[C@@H](CC)C(=O)N(C)[C@H](C)C(=O)N(C)C([C@H](C)COC[C@@H]2CN(CC)CCO2)C(=O)N[C@@H](C(C)C)C(=O)N(C)[C@@H](CC(C)C)C(=O)N[C@@H](C)C(=O)N[C@H](C)C(=O)N(C)[C@@H](CC(C)C)C(=O)N(C)[C@@H](CCC(C)C)C(=O)N(C)[C@@H](C(C)C)C(=O)N1C. The lowest BCUT2D eigenvalue weighted by molar-refractivity contribution is -0.157. The number of morpholine rings is 1. The quantitative estimate of drug-likeness (QED) is 0.109. The van der Waals surface area contributed by atoms with Crippen LogP contribution in [0.2, 0.25) is 0 Å². The summed E-state index contributed by atoms with van der Waals surface area (Å²) < 4.78 is 12.2. The number of rotatable bonds is 20. The molecule has 2 saturated heterocycles. The second-order valence-electron chi connectivity index (χ2n) is 29.0. The third-order valence-corrected chi connectivity index (χ3v) is 19.0. The number of ether oxygens (including phenoxy) is 2. The summed E-state index contributed by atoms with van der Waals surface area (Å²) in [6.07, 6.45) is 3.01. The lowest BCUT2D eigenvalue weighted by Gasteiger charge is -2.41. The van der Waals surface area contributed by atoms with Crippen LogP contribution in [0.5, 0.6) is 0 Å². The zero-order chi connectivity index (χ0) is 73.7. The average Bonchev–Trinajstić information content (AvgIpc) is 0.814. The summed E-state index contributed by atoms with van der Waals surface area (Å²) in [7, 11) is 9.96. The molecular weight excluding hydrogens is 1230 g/mol. The number of hydrogen-bond donors (Lipinski definition) is 5. The highest BCUT2D eigenvalue weighted by Gasteiger charge is 2.46. The predicted octanol–water partition coefficient (Wildman–Crippen LogP) is 3.37. The van der Waals surface area contributed by atoms with Gasteiger partial charge in [0.2, 0.25) is 65.0 Å². The van der Waals surface area contributed by atoms with Crippen molar-refractivity contribution in [1.29, 1.82) is 0 Å². The van der Waals surface area contributed by atoms with E-state index in [2.05, 4.69) is 33.1 Å². The maximum Gasteiger partial charge on any atom is 0.246 e. The second-order valence-corrected chi connectivity index (χ2v) is 29.0. The van der Waals surface area contributed by atoms with E-state index in [4.69, 9.17) is 9.47 Å². The highest BCUT2D eigenvalue weighted by atomic mass is 16.5. The van der Waals surface area contributed by atoms with Crippen molar-refractivity contribution in [3.63, 3.8) is 0 Å². The van der Waals surface area contributed by atoms with Gasteiger partial charge in [-0.2, -0.15) is 0 Å². The summed E-state index contributed by atoms with van der Waals surface area (Å²) in [6, 6.07) is -14.1. The third kappa shape index (κ3) is 23.7. The molecule has 2 heterocycles. The van der Waals surface area contributed by atoms with Crippen molar-refractivity contribution >= 4 is 65.0 Å². The molecule has 0 saturated carbocycles. The Hall–Kier alpha value is -6.25. The standard InChI is InChI=1S/C70H126N12O14/c1-26-29-30-45(14)59(83)58-63(87)73-51(27-2)66(90)75(19)49(18)65(89)80(24)57(46(15)38-95-39-50-37-82(28-3)33-34-96-50)62(86)74-55(43(10)11)69(93)77(21)53(35-41(6)7)61(85)71-47(16)60(84)72-48(17)64(88)78(22)54(36-42(8)9)68(92)76(20)52(32-31-40(4)5)67(91)79(23)56(44(12)13)70(94)81(58)25/h26,29,40-59,83H,27-28,30-39H2,1-25H3,(H,71,85)(H,72,84)(H,73,87)(H,74,86)/b29-26+/t45-,46-,47+,48-,49-,50+,51+,52+,53+,54+,55+,56+,57?,58+,59-/m1/s1. The fourth-order valence-electron chi connectivity index (χ4n) is 12.5. The van der Waals surface area contributed by atoms with Crippen LogP contribution in [0.15, 0.2) is 12.2 Å². The predicted molar refractivity (Wildman–Crippen MR) is 370 cm³/mol. The monoisotopic (exact) mass is 1360 g/mol. The number of carbonyl (C=O) groups is 11. The molecule has 96 heavy (non-hydrogen) atoms. The van der Waals surface area contributed by atoms with Gasteiger partial charge in [-0.3, -0.25) is 57.6 Å². The maximum absolute atomic E-state index is 15.3. The summed E-state index contributed by atoms with van der Waals surface area (Å²) in [5.41, 5.74) is 0. The van der Waals surface area contributed by atoms with Gasteiger partial charge in [-0.15, -0.1) is 0 Å². The van der Waals surface area contributed by atoms with Crippen LogP contribution in [-0.4, -0.2) is 277 Å². The molecule has 2 rings (SSSR count). The number of carbonyl (C=O) groups excluding carboxylic acids is 11. The summed E-state index contributed by atoms with van der Waals surface area (Å²) in [6.45, 7) is 34.5. The van der Waals surface area contributed by atoms with Crippen LogP contribution >= 0.6 is 0 Å². The highest BCUT2D eigenvalue weighted by molar-refractivity contribution is 6.00. The molecule has 0 aliphatic carbocycles.